The maximum atomic E-state index is 13.5. The third kappa shape index (κ3) is 5.09. The van der Waals surface area contributed by atoms with E-state index in [1.807, 2.05) is 18.2 Å². The smallest absolute Gasteiger partial charge is 0.417 e. The van der Waals surface area contributed by atoms with Gasteiger partial charge in [-0.15, -0.1) is 0 Å². The van der Waals surface area contributed by atoms with Crippen molar-refractivity contribution < 1.29 is 22.7 Å². The van der Waals surface area contributed by atoms with Gasteiger partial charge in [-0.1, -0.05) is 18.2 Å². The van der Waals surface area contributed by atoms with Crippen LogP contribution in [0.2, 0.25) is 0 Å². The Balaban J connectivity index is 1.59. The lowest BCUT2D eigenvalue weighted by molar-refractivity contribution is -0.137. The van der Waals surface area contributed by atoms with Gasteiger partial charge in [0.25, 0.3) is 5.91 Å². The van der Waals surface area contributed by atoms with Crippen LogP contribution in [0.3, 0.4) is 0 Å². The Morgan fingerprint density at radius 3 is 2.53 bits per heavy atom. The van der Waals surface area contributed by atoms with E-state index in [-0.39, 0.29) is 25.6 Å². The van der Waals surface area contributed by atoms with E-state index in [4.69, 9.17) is 10.00 Å². The number of hydrogen-bond acceptors (Lipinski definition) is 6. The minimum Gasteiger partial charge on any atom is -0.491 e. The van der Waals surface area contributed by atoms with E-state index >= 15 is 0 Å². The van der Waals surface area contributed by atoms with Crippen molar-refractivity contribution in [3.8, 4) is 11.8 Å². The number of benzene rings is 2. The standard InChI is InChI=1S/C24H20F3N5O2/c25-24(26,27)22-10-19(7-6-17(22)11-28)31-8-9-32(23(33)18-12-29-16-30-13-18)20(14-31)15-34-21-4-2-1-3-5-21/h1-7,10,12-13,16,20H,8-9,14-15H2. The number of alkyl halides is 3. The number of rotatable bonds is 5. The van der Waals surface area contributed by atoms with Gasteiger partial charge in [0.2, 0.25) is 0 Å². The summed E-state index contributed by atoms with van der Waals surface area (Å²) in [4.78, 5) is 24.3. The number of carbonyl (C=O) groups excluding carboxylic acids is 1. The summed E-state index contributed by atoms with van der Waals surface area (Å²) in [7, 11) is 0. The molecule has 10 heteroatoms. The predicted octanol–water partition coefficient (Wildman–Crippen LogP) is 3.78. The van der Waals surface area contributed by atoms with E-state index in [0.29, 0.717) is 23.5 Å². The number of piperazine rings is 1. The summed E-state index contributed by atoms with van der Waals surface area (Å²) in [6.07, 6.45) is -0.476. The first-order chi connectivity index (χ1) is 16.4. The van der Waals surface area contributed by atoms with E-state index < -0.39 is 23.3 Å². The monoisotopic (exact) mass is 467 g/mol. The number of anilines is 1. The zero-order chi connectivity index (χ0) is 24.1. The Kier molecular flexibility index (Phi) is 6.63. The molecule has 34 heavy (non-hydrogen) atoms. The Labute approximate surface area is 194 Å². The first kappa shape index (κ1) is 23.0. The lowest BCUT2D eigenvalue weighted by Gasteiger charge is -2.42. The molecule has 1 saturated heterocycles. The molecule has 0 aliphatic carbocycles. The van der Waals surface area contributed by atoms with Crippen LogP contribution in [0.4, 0.5) is 18.9 Å². The molecule has 2 heterocycles. The molecule has 1 fully saturated rings. The molecule has 1 amide bonds. The Hall–Kier alpha value is -4.13. The van der Waals surface area contributed by atoms with E-state index in [2.05, 4.69) is 9.97 Å². The number of nitrogens with zero attached hydrogens (tertiary/aromatic N) is 5. The highest BCUT2D eigenvalue weighted by atomic mass is 19.4. The molecule has 1 aliphatic rings. The molecule has 174 valence electrons. The molecule has 0 N–H and O–H groups in total. The first-order valence-corrected chi connectivity index (χ1v) is 10.5. The van der Waals surface area contributed by atoms with Crippen molar-refractivity contribution in [2.24, 2.45) is 0 Å². The molecular weight excluding hydrogens is 447 g/mol. The fourth-order valence-corrected chi connectivity index (χ4v) is 3.85. The molecule has 0 spiro atoms. The third-order valence-electron chi connectivity index (χ3n) is 5.53. The van der Waals surface area contributed by atoms with Crippen molar-refractivity contribution in [3.05, 3.63) is 83.9 Å². The van der Waals surface area contributed by atoms with Gasteiger partial charge in [-0.3, -0.25) is 4.79 Å². The van der Waals surface area contributed by atoms with Crippen LogP contribution in [0.5, 0.6) is 5.75 Å². The molecule has 7 nitrogen and oxygen atoms in total. The second-order valence-corrected chi connectivity index (χ2v) is 7.69. The van der Waals surface area contributed by atoms with E-state index in [9.17, 15) is 18.0 Å². The summed E-state index contributed by atoms with van der Waals surface area (Å²) in [5, 5.41) is 9.07. The molecule has 4 rings (SSSR count). The van der Waals surface area contributed by atoms with Crippen LogP contribution in [-0.2, 0) is 6.18 Å². The van der Waals surface area contributed by atoms with Gasteiger partial charge in [-0.05, 0) is 30.3 Å². The van der Waals surface area contributed by atoms with Crippen molar-refractivity contribution in [2.75, 3.05) is 31.1 Å². The molecule has 0 radical (unpaired) electrons. The average Bonchev–Trinajstić information content (AvgIpc) is 2.87. The van der Waals surface area contributed by atoms with Crippen molar-refractivity contribution in [2.45, 2.75) is 12.2 Å². The summed E-state index contributed by atoms with van der Waals surface area (Å²) in [6, 6.07) is 13.9. The zero-order valence-electron chi connectivity index (χ0n) is 17.9. The number of ether oxygens (including phenoxy) is 1. The summed E-state index contributed by atoms with van der Waals surface area (Å²) in [6.45, 7) is 0.959. The molecule has 1 unspecified atom stereocenters. The number of hydrogen-bond donors (Lipinski definition) is 0. The molecular formula is C24H20F3N5O2. The van der Waals surface area contributed by atoms with Crippen LogP contribution in [0.1, 0.15) is 21.5 Å². The van der Waals surface area contributed by atoms with Crippen LogP contribution in [0, 0.1) is 11.3 Å². The topological polar surface area (TPSA) is 82.4 Å². The molecule has 0 saturated carbocycles. The van der Waals surface area contributed by atoms with Crippen LogP contribution in [0.15, 0.2) is 67.3 Å². The third-order valence-corrected chi connectivity index (χ3v) is 5.53. The second-order valence-electron chi connectivity index (χ2n) is 7.69. The van der Waals surface area contributed by atoms with E-state index in [1.165, 1.54) is 30.9 Å². The van der Waals surface area contributed by atoms with Crippen molar-refractivity contribution in [3.63, 3.8) is 0 Å². The highest BCUT2D eigenvalue weighted by Gasteiger charge is 2.36. The Morgan fingerprint density at radius 1 is 1.12 bits per heavy atom. The molecule has 1 atom stereocenters. The number of halogens is 3. The highest BCUT2D eigenvalue weighted by Crippen LogP contribution is 2.35. The van der Waals surface area contributed by atoms with E-state index in [1.54, 1.807) is 28.0 Å². The van der Waals surface area contributed by atoms with Crippen molar-refractivity contribution >= 4 is 11.6 Å². The number of carbonyl (C=O) groups is 1. The van der Waals surface area contributed by atoms with Gasteiger partial charge in [0, 0.05) is 37.7 Å². The fourth-order valence-electron chi connectivity index (χ4n) is 3.85. The summed E-state index contributed by atoms with van der Waals surface area (Å²) >= 11 is 0. The normalized spacial score (nSPS) is 16.1. The number of aromatic nitrogens is 2. The Bertz CT molecular complexity index is 1180. The van der Waals surface area contributed by atoms with Gasteiger partial charge in [0.05, 0.1) is 28.8 Å². The largest absolute Gasteiger partial charge is 0.491 e. The fraction of sp³-hybridized carbons (Fsp3) is 0.250. The lowest BCUT2D eigenvalue weighted by Crippen LogP contribution is -2.57. The van der Waals surface area contributed by atoms with Gasteiger partial charge < -0.3 is 14.5 Å². The van der Waals surface area contributed by atoms with Crippen molar-refractivity contribution in [1.29, 1.82) is 5.26 Å². The van der Waals surface area contributed by atoms with Gasteiger partial charge >= 0.3 is 6.18 Å². The SMILES string of the molecule is N#Cc1ccc(N2CCN(C(=O)c3cncnc3)C(COc3ccccc3)C2)cc1C(F)(F)F. The van der Waals surface area contributed by atoms with Gasteiger partial charge in [0.1, 0.15) is 18.7 Å². The predicted molar refractivity (Wildman–Crippen MR) is 117 cm³/mol. The highest BCUT2D eigenvalue weighted by molar-refractivity contribution is 5.94. The minimum absolute atomic E-state index is 0.141. The summed E-state index contributed by atoms with van der Waals surface area (Å²) in [5.41, 5.74) is -0.771. The molecule has 1 aromatic heterocycles. The number of nitriles is 1. The summed E-state index contributed by atoms with van der Waals surface area (Å²) in [5.74, 6) is 0.338. The Morgan fingerprint density at radius 2 is 1.85 bits per heavy atom. The minimum atomic E-state index is -4.65. The van der Waals surface area contributed by atoms with Crippen LogP contribution < -0.4 is 9.64 Å². The average molecular weight is 467 g/mol. The van der Waals surface area contributed by atoms with Gasteiger partial charge in [-0.2, -0.15) is 18.4 Å². The maximum absolute atomic E-state index is 13.5. The molecule has 1 aliphatic heterocycles. The van der Waals surface area contributed by atoms with Crippen molar-refractivity contribution in [1.82, 2.24) is 14.9 Å². The zero-order valence-corrected chi connectivity index (χ0v) is 17.9. The van der Waals surface area contributed by atoms with Gasteiger partial charge in [0.15, 0.2) is 0 Å². The summed E-state index contributed by atoms with van der Waals surface area (Å²) < 4.78 is 46.3. The number of amides is 1. The molecule has 0 bridgehead atoms. The second kappa shape index (κ2) is 9.79. The van der Waals surface area contributed by atoms with Crippen LogP contribution >= 0.6 is 0 Å². The lowest BCUT2D eigenvalue weighted by atomic mass is 10.0. The first-order valence-electron chi connectivity index (χ1n) is 10.5. The number of para-hydroxylation sites is 1. The van der Waals surface area contributed by atoms with Crippen LogP contribution in [-0.4, -0.2) is 53.1 Å². The molecule has 3 aromatic rings. The van der Waals surface area contributed by atoms with Gasteiger partial charge in [-0.25, -0.2) is 9.97 Å². The van der Waals surface area contributed by atoms with Crippen LogP contribution in [0.25, 0.3) is 0 Å². The van der Waals surface area contributed by atoms with E-state index in [0.717, 1.165) is 6.07 Å². The molecule has 2 aromatic carbocycles. The quantitative estimate of drug-likeness (QED) is 0.568. The maximum Gasteiger partial charge on any atom is 0.417 e.